The summed E-state index contributed by atoms with van der Waals surface area (Å²) >= 11 is 6.21. The second-order valence-corrected chi connectivity index (χ2v) is 7.97. The molecule has 1 N–H and O–H groups in total. The third-order valence-electron chi connectivity index (χ3n) is 5.27. The van der Waals surface area contributed by atoms with Gasteiger partial charge in [-0.05, 0) is 36.8 Å². The predicted molar refractivity (Wildman–Crippen MR) is 115 cm³/mol. The molecule has 0 bridgehead atoms. The number of pyridine rings is 1. The van der Waals surface area contributed by atoms with Gasteiger partial charge in [-0.15, -0.1) is 0 Å². The van der Waals surface area contributed by atoms with E-state index in [4.69, 9.17) is 11.6 Å². The van der Waals surface area contributed by atoms with Crippen molar-refractivity contribution in [2.24, 2.45) is 0 Å². The highest BCUT2D eigenvalue weighted by molar-refractivity contribution is 6.29. The summed E-state index contributed by atoms with van der Waals surface area (Å²) in [6, 6.07) is 3.19. The number of carbonyl (C=O) groups is 2. The SMILES string of the molecule is C=CC(=O)N1C[C@H](c2cc(Cl)nc(-c3cc(C(=O)NC)ncn3)c2)N(CC(F)(F)F)C[C@H]1C. The monoisotopic (exact) mass is 482 g/mol. The van der Waals surface area contributed by atoms with Gasteiger partial charge in [-0.3, -0.25) is 14.5 Å². The summed E-state index contributed by atoms with van der Waals surface area (Å²) in [5.74, 6) is -0.803. The van der Waals surface area contributed by atoms with E-state index in [1.54, 1.807) is 13.0 Å². The summed E-state index contributed by atoms with van der Waals surface area (Å²) in [4.78, 5) is 39.2. The molecule has 1 saturated heterocycles. The van der Waals surface area contributed by atoms with Crippen molar-refractivity contribution in [3.05, 3.63) is 53.6 Å². The number of alkyl halides is 3. The second-order valence-electron chi connectivity index (χ2n) is 7.58. The number of nitrogens with one attached hydrogen (secondary N) is 1. The van der Waals surface area contributed by atoms with Crippen molar-refractivity contribution >= 4 is 23.4 Å². The van der Waals surface area contributed by atoms with E-state index in [0.717, 1.165) is 6.08 Å². The first-order valence-corrected chi connectivity index (χ1v) is 10.4. The molecule has 1 aliphatic heterocycles. The molecule has 3 rings (SSSR count). The molecule has 8 nitrogen and oxygen atoms in total. The molecule has 0 unspecified atom stereocenters. The van der Waals surface area contributed by atoms with Gasteiger partial charge in [0, 0.05) is 26.2 Å². The smallest absolute Gasteiger partial charge is 0.354 e. The number of hydrogen-bond donors (Lipinski definition) is 1. The number of aromatic nitrogens is 3. The minimum Gasteiger partial charge on any atom is -0.354 e. The van der Waals surface area contributed by atoms with Crippen molar-refractivity contribution in [1.82, 2.24) is 30.1 Å². The number of halogens is 4. The third-order valence-corrected chi connectivity index (χ3v) is 5.47. The number of rotatable bonds is 5. The second kappa shape index (κ2) is 9.84. The molecule has 0 aliphatic carbocycles. The minimum atomic E-state index is -4.43. The maximum absolute atomic E-state index is 13.3. The van der Waals surface area contributed by atoms with E-state index in [0.29, 0.717) is 5.56 Å². The highest BCUT2D eigenvalue weighted by Gasteiger charge is 2.40. The molecule has 2 amide bonds. The highest BCUT2D eigenvalue weighted by atomic mass is 35.5. The Balaban J connectivity index is 2.04. The Kier molecular flexibility index (Phi) is 7.33. The summed E-state index contributed by atoms with van der Waals surface area (Å²) in [5, 5.41) is 2.49. The molecule has 3 heterocycles. The van der Waals surface area contributed by atoms with Crippen LogP contribution in [-0.2, 0) is 4.79 Å². The molecule has 176 valence electrons. The van der Waals surface area contributed by atoms with Crippen LogP contribution in [0.25, 0.3) is 11.4 Å². The summed E-state index contributed by atoms with van der Waals surface area (Å²) in [7, 11) is 1.45. The van der Waals surface area contributed by atoms with Crippen molar-refractivity contribution in [1.29, 1.82) is 0 Å². The van der Waals surface area contributed by atoms with Gasteiger partial charge in [-0.2, -0.15) is 13.2 Å². The number of carbonyl (C=O) groups excluding carboxylic acids is 2. The molecule has 0 radical (unpaired) electrons. The van der Waals surface area contributed by atoms with Crippen LogP contribution < -0.4 is 5.32 Å². The van der Waals surface area contributed by atoms with Gasteiger partial charge in [-0.1, -0.05) is 18.2 Å². The zero-order chi connectivity index (χ0) is 24.3. The molecule has 1 fully saturated rings. The third kappa shape index (κ3) is 5.85. The Hall–Kier alpha value is -3.05. The van der Waals surface area contributed by atoms with Crippen molar-refractivity contribution in [2.45, 2.75) is 25.2 Å². The van der Waals surface area contributed by atoms with Gasteiger partial charge in [0.25, 0.3) is 5.91 Å². The standard InChI is InChI=1S/C21H22ClF3N6O2/c1-4-19(32)31-9-17(30(8-12(31)2)10-21(23,24)25)13-5-15(29-18(22)6-13)14-7-16(20(33)26-3)28-11-27-14/h4-7,11-12,17H,1,8-10H2,2-3H3,(H,26,33)/t12-,17-/m1/s1. The van der Waals surface area contributed by atoms with E-state index in [2.05, 4.69) is 26.8 Å². The molecule has 2 atom stereocenters. The van der Waals surface area contributed by atoms with Gasteiger partial charge in [-0.25, -0.2) is 15.0 Å². The molecule has 2 aromatic rings. The molecule has 0 spiro atoms. The lowest BCUT2D eigenvalue weighted by Crippen LogP contribution is -2.56. The number of nitrogens with zero attached hydrogens (tertiary/aromatic N) is 5. The quantitative estimate of drug-likeness (QED) is 0.520. The Morgan fingerprint density at radius 2 is 1.97 bits per heavy atom. The molecular formula is C21H22ClF3N6O2. The molecular weight excluding hydrogens is 461 g/mol. The molecule has 0 saturated carbocycles. The lowest BCUT2D eigenvalue weighted by molar-refractivity contribution is -0.161. The van der Waals surface area contributed by atoms with Gasteiger partial charge < -0.3 is 10.2 Å². The van der Waals surface area contributed by atoms with E-state index in [9.17, 15) is 22.8 Å². The predicted octanol–water partition coefficient (Wildman–Crippen LogP) is 2.87. The average molecular weight is 483 g/mol. The van der Waals surface area contributed by atoms with Gasteiger partial charge in [0.2, 0.25) is 5.91 Å². The topological polar surface area (TPSA) is 91.3 Å². The Morgan fingerprint density at radius 1 is 1.24 bits per heavy atom. The molecule has 12 heteroatoms. The fourth-order valence-corrected chi connectivity index (χ4v) is 4.00. The lowest BCUT2D eigenvalue weighted by Gasteiger charge is -2.45. The summed E-state index contributed by atoms with van der Waals surface area (Å²) in [6.45, 7) is 4.03. The van der Waals surface area contributed by atoms with E-state index in [1.807, 2.05) is 0 Å². The minimum absolute atomic E-state index is 0.00730. The largest absolute Gasteiger partial charge is 0.401 e. The van der Waals surface area contributed by atoms with Crippen LogP contribution in [0.2, 0.25) is 5.15 Å². The average Bonchev–Trinajstić information content (AvgIpc) is 2.76. The molecule has 1 aliphatic rings. The van der Waals surface area contributed by atoms with Gasteiger partial charge >= 0.3 is 6.18 Å². The van der Waals surface area contributed by atoms with Crippen molar-refractivity contribution in [2.75, 3.05) is 26.7 Å². The number of hydrogen-bond acceptors (Lipinski definition) is 6. The van der Waals surface area contributed by atoms with Crippen LogP contribution in [0.4, 0.5) is 13.2 Å². The molecule has 0 aromatic carbocycles. The first-order valence-electron chi connectivity index (χ1n) is 9.98. The first-order chi connectivity index (χ1) is 15.5. The zero-order valence-electron chi connectivity index (χ0n) is 17.9. The first kappa shape index (κ1) is 24.6. The maximum Gasteiger partial charge on any atom is 0.401 e. The van der Waals surface area contributed by atoms with E-state index in [-0.39, 0.29) is 41.2 Å². The summed E-state index contributed by atoms with van der Waals surface area (Å²) in [6.07, 6.45) is -2.11. The maximum atomic E-state index is 13.3. The molecule has 33 heavy (non-hydrogen) atoms. The Morgan fingerprint density at radius 3 is 2.61 bits per heavy atom. The van der Waals surface area contributed by atoms with Crippen LogP contribution in [0, 0.1) is 0 Å². The van der Waals surface area contributed by atoms with Gasteiger partial charge in [0.1, 0.15) is 17.2 Å². The van der Waals surface area contributed by atoms with Crippen LogP contribution in [-0.4, -0.2) is 75.5 Å². The highest BCUT2D eigenvalue weighted by Crippen LogP contribution is 2.33. The fraction of sp³-hybridized carbons (Fsp3) is 0.381. The van der Waals surface area contributed by atoms with E-state index < -0.39 is 30.7 Å². The van der Waals surface area contributed by atoms with Crippen LogP contribution in [0.5, 0.6) is 0 Å². The summed E-state index contributed by atoms with van der Waals surface area (Å²) < 4.78 is 40.0. The lowest BCUT2D eigenvalue weighted by atomic mass is 9.99. The van der Waals surface area contributed by atoms with Gasteiger partial charge in [0.15, 0.2) is 0 Å². The van der Waals surface area contributed by atoms with Gasteiger partial charge in [0.05, 0.1) is 24.0 Å². The Bertz CT molecular complexity index is 1060. The zero-order valence-corrected chi connectivity index (χ0v) is 18.7. The van der Waals surface area contributed by atoms with Crippen LogP contribution in [0.3, 0.4) is 0 Å². The summed E-state index contributed by atoms with van der Waals surface area (Å²) in [5.41, 5.74) is 1.07. The van der Waals surface area contributed by atoms with Crippen LogP contribution in [0.1, 0.15) is 29.0 Å². The van der Waals surface area contributed by atoms with Crippen molar-refractivity contribution < 1.29 is 22.8 Å². The van der Waals surface area contributed by atoms with E-state index >= 15 is 0 Å². The number of piperazine rings is 1. The van der Waals surface area contributed by atoms with Crippen LogP contribution >= 0.6 is 11.6 Å². The normalized spacial score (nSPS) is 19.3. The molecule has 2 aromatic heterocycles. The Labute approximate surface area is 193 Å². The van der Waals surface area contributed by atoms with Crippen LogP contribution in [0.15, 0.2) is 37.2 Å². The number of amides is 2. The fourth-order valence-electron chi connectivity index (χ4n) is 3.78. The van der Waals surface area contributed by atoms with Crippen molar-refractivity contribution in [3.63, 3.8) is 0 Å². The van der Waals surface area contributed by atoms with Crippen molar-refractivity contribution in [3.8, 4) is 11.4 Å². The van der Waals surface area contributed by atoms with E-state index in [1.165, 1.54) is 35.3 Å².